The Hall–Kier alpha value is -0.300. The number of rotatable bonds is 4. The molecule has 0 aliphatic carbocycles. The van der Waals surface area contributed by atoms with Crippen LogP contribution in [0.3, 0.4) is 0 Å². The van der Waals surface area contributed by atoms with Crippen LogP contribution in [-0.2, 0) is 4.74 Å². The molecule has 0 spiro atoms. The Bertz CT molecular complexity index is 120. The maximum absolute atomic E-state index is 5.24. The fraction of sp³-hybridized carbons (Fsp3) is 0.833. The van der Waals surface area contributed by atoms with Gasteiger partial charge in [-0.2, -0.15) is 0 Å². The topological polar surface area (TPSA) is 9.23 Å². The third-order valence-corrected chi connectivity index (χ3v) is 1.81. The molecule has 1 nitrogen and oxygen atoms in total. The first-order valence-corrected chi connectivity index (χ1v) is 5.24. The molecular weight excluding hydrogens is 160 g/mol. The normalized spacial score (nSPS) is 10.3. The molecule has 0 aliphatic rings. The Morgan fingerprint density at radius 1 is 1.23 bits per heavy atom. The van der Waals surface area contributed by atoms with Crippen molar-refractivity contribution in [3.05, 3.63) is 12.2 Å². The summed E-state index contributed by atoms with van der Waals surface area (Å²) in [5.41, 5.74) is 1.50. The van der Waals surface area contributed by atoms with Gasteiger partial charge in [0.05, 0.1) is 6.61 Å². The predicted octanol–water partition coefficient (Wildman–Crippen LogP) is 4.04. The Labute approximate surface area is 84.2 Å². The molecule has 0 bridgehead atoms. The smallest absolute Gasteiger partial charge is 0.0503 e. The van der Waals surface area contributed by atoms with E-state index in [4.69, 9.17) is 4.74 Å². The first-order chi connectivity index (χ1) is 5.98. The van der Waals surface area contributed by atoms with Crippen LogP contribution in [0, 0.1) is 5.41 Å². The lowest BCUT2D eigenvalue weighted by Gasteiger charge is -2.21. The van der Waals surface area contributed by atoms with Crippen molar-refractivity contribution in [1.29, 1.82) is 0 Å². The van der Waals surface area contributed by atoms with E-state index in [0.29, 0.717) is 0 Å². The molecule has 80 valence electrons. The molecular formula is C12H26O. The van der Waals surface area contributed by atoms with Gasteiger partial charge in [-0.15, -0.1) is 0 Å². The first-order valence-electron chi connectivity index (χ1n) is 5.24. The van der Waals surface area contributed by atoms with Crippen LogP contribution in [0.25, 0.3) is 0 Å². The maximum atomic E-state index is 5.24. The van der Waals surface area contributed by atoms with E-state index in [1.807, 2.05) is 20.8 Å². The summed E-state index contributed by atoms with van der Waals surface area (Å²) in [4.78, 5) is 0. The molecule has 0 amide bonds. The molecule has 0 radical (unpaired) electrons. The molecule has 0 fully saturated rings. The van der Waals surface area contributed by atoms with Gasteiger partial charge < -0.3 is 4.74 Å². The summed E-state index contributed by atoms with van der Waals surface area (Å²) in [6.07, 6.45) is 0.983. The molecule has 0 rings (SSSR count). The summed E-state index contributed by atoms with van der Waals surface area (Å²) in [6, 6.07) is 0. The van der Waals surface area contributed by atoms with Crippen LogP contribution in [0.5, 0.6) is 0 Å². The largest absolute Gasteiger partial charge is 0.381 e. The highest BCUT2D eigenvalue weighted by Gasteiger charge is 2.13. The summed E-state index contributed by atoms with van der Waals surface area (Å²) in [7, 11) is 0. The first kappa shape index (κ1) is 15.2. The monoisotopic (exact) mass is 186 g/mol. The predicted molar refractivity (Wildman–Crippen MR) is 61.1 cm³/mol. The second-order valence-electron chi connectivity index (χ2n) is 3.80. The van der Waals surface area contributed by atoms with Gasteiger partial charge in [0, 0.05) is 6.61 Å². The third-order valence-electron chi connectivity index (χ3n) is 1.81. The van der Waals surface area contributed by atoms with Gasteiger partial charge in [0.2, 0.25) is 0 Å². The summed E-state index contributed by atoms with van der Waals surface area (Å²) < 4.78 is 5.24. The van der Waals surface area contributed by atoms with Crippen molar-refractivity contribution < 1.29 is 4.74 Å². The summed E-state index contributed by atoms with van der Waals surface area (Å²) >= 11 is 0. The Balaban J connectivity index is 0. The highest BCUT2D eigenvalue weighted by Crippen LogP contribution is 2.25. The van der Waals surface area contributed by atoms with Crippen molar-refractivity contribution in [2.45, 2.75) is 48.0 Å². The van der Waals surface area contributed by atoms with Crippen LogP contribution < -0.4 is 0 Å². The summed E-state index contributed by atoms with van der Waals surface area (Å²) in [6.45, 7) is 18.2. The Kier molecular flexibility index (Phi) is 9.70. The number of hydrogen-bond donors (Lipinski definition) is 0. The maximum Gasteiger partial charge on any atom is 0.0503 e. The average molecular weight is 186 g/mol. The molecule has 0 aromatic heterocycles. The Morgan fingerprint density at radius 3 is 2.00 bits per heavy atom. The second-order valence-corrected chi connectivity index (χ2v) is 3.80. The molecule has 0 N–H and O–H groups in total. The highest BCUT2D eigenvalue weighted by atomic mass is 16.5. The zero-order valence-electron chi connectivity index (χ0n) is 10.2. The standard InChI is InChI=1S/C10H20O.C2H6/c1-6-11-8-7-9(2)10(3,4)5;1-2/h2,6-8H2,1,3-5H3;1-2H3. The van der Waals surface area contributed by atoms with Gasteiger partial charge >= 0.3 is 0 Å². The number of hydrogen-bond acceptors (Lipinski definition) is 1. The molecule has 0 aromatic rings. The second kappa shape index (κ2) is 8.31. The van der Waals surface area contributed by atoms with E-state index >= 15 is 0 Å². The zero-order valence-corrected chi connectivity index (χ0v) is 10.2. The molecule has 13 heavy (non-hydrogen) atoms. The van der Waals surface area contributed by atoms with Gasteiger partial charge in [-0.05, 0) is 18.8 Å². The van der Waals surface area contributed by atoms with Crippen LogP contribution in [0.1, 0.15) is 48.0 Å². The number of ether oxygens (including phenoxy) is 1. The average Bonchev–Trinajstić information content (AvgIpc) is 2.07. The van der Waals surface area contributed by atoms with Gasteiger partial charge in [-0.3, -0.25) is 0 Å². The van der Waals surface area contributed by atoms with E-state index in [1.165, 1.54) is 5.57 Å². The van der Waals surface area contributed by atoms with Crippen LogP contribution in [0.4, 0.5) is 0 Å². The fourth-order valence-electron chi connectivity index (χ4n) is 0.715. The SMILES string of the molecule is C=C(CCOCC)C(C)(C)C.CC. The van der Waals surface area contributed by atoms with Crippen molar-refractivity contribution in [2.24, 2.45) is 5.41 Å². The van der Waals surface area contributed by atoms with Gasteiger partial charge in [0.1, 0.15) is 0 Å². The summed E-state index contributed by atoms with van der Waals surface area (Å²) in [5, 5.41) is 0. The Morgan fingerprint density at radius 2 is 1.69 bits per heavy atom. The van der Waals surface area contributed by atoms with Crippen LogP contribution in [0.2, 0.25) is 0 Å². The van der Waals surface area contributed by atoms with Crippen molar-refractivity contribution >= 4 is 0 Å². The quantitative estimate of drug-likeness (QED) is 0.475. The van der Waals surface area contributed by atoms with Crippen LogP contribution >= 0.6 is 0 Å². The minimum atomic E-state index is 0.233. The van der Waals surface area contributed by atoms with E-state index in [9.17, 15) is 0 Å². The van der Waals surface area contributed by atoms with E-state index in [2.05, 4.69) is 27.4 Å². The van der Waals surface area contributed by atoms with Crippen LogP contribution in [-0.4, -0.2) is 13.2 Å². The van der Waals surface area contributed by atoms with Gasteiger partial charge in [0.15, 0.2) is 0 Å². The van der Waals surface area contributed by atoms with Crippen molar-refractivity contribution in [1.82, 2.24) is 0 Å². The van der Waals surface area contributed by atoms with E-state index in [1.54, 1.807) is 0 Å². The summed E-state index contributed by atoms with van der Waals surface area (Å²) in [5.74, 6) is 0. The molecule has 0 atom stereocenters. The third kappa shape index (κ3) is 9.62. The van der Waals surface area contributed by atoms with E-state index < -0.39 is 0 Å². The van der Waals surface area contributed by atoms with E-state index in [-0.39, 0.29) is 5.41 Å². The van der Waals surface area contributed by atoms with Gasteiger partial charge in [-0.1, -0.05) is 46.8 Å². The fourth-order valence-corrected chi connectivity index (χ4v) is 0.715. The minimum absolute atomic E-state index is 0.233. The molecule has 0 aliphatic heterocycles. The molecule has 0 saturated carbocycles. The molecule has 1 heteroatoms. The van der Waals surface area contributed by atoms with E-state index in [0.717, 1.165) is 19.6 Å². The van der Waals surface area contributed by atoms with Crippen molar-refractivity contribution in [2.75, 3.05) is 13.2 Å². The zero-order chi connectivity index (χ0) is 10.9. The molecule has 0 unspecified atom stereocenters. The lowest BCUT2D eigenvalue weighted by Crippen LogP contribution is -2.10. The van der Waals surface area contributed by atoms with Crippen molar-refractivity contribution in [3.63, 3.8) is 0 Å². The molecule has 0 aromatic carbocycles. The lowest BCUT2D eigenvalue weighted by atomic mass is 9.86. The van der Waals surface area contributed by atoms with Gasteiger partial charge in [-0.25, -0.2) is 0 Å². The highest BCUT2D eigenvalue weighted by molar-refractivity contribution is 5.04. The van der Waals surface area contributed by atoms with Crippen LogP contribution in [0.15, 0.2) is 12.2 Å². The molecule has 0 heterocycles. The minimum Gasteiger partial charge on any atom is -0.381 e. The molecule has 0 saturated heterocycles. The van der Waals surface area contributed by atoms with Crippen molar-refractivity contribution in [3.8, 4) is 0 Å². The lowest BCUT2D eigenvalue weighted by molar-refractivity contribution is 0.147. The van der Waals surface area contributed by atoms with Gasteiger partial charge in [0.25, 0.3) is 0 Å².